The summed E-state index contributed by atoms with van der Waals surface area (Å²) in [5.41, 5.74) is -0.527. The number of morpholine rings is 1. The van der Waals surface area contributed by atoms with Crippen LogP contribution in [-0.4, -0.2) is 48.7 Å². The molecule has 3 rings (SSSR count). The molecule has 20 heavy (non-hydrogen) atoms. The first kappa shape index (κ1) is 14.8. The Morgan fingerprint density at radius 2 is 2.10 bits per heavy atom. The van der Waals surface area contributed by atoms with Crippen molar-refractivity contribution in [3.8, 4) is 0 Å². The Kier molecular flexibility index (Phi) is 4.37. The largest absolute Gasteiger partial charge is 0.390 e. The molecule has 0 bridgehead atoms. The van der Waals surface area contributed by atoms with Crippen LogP contribution >= 0.6 is 0 Å². The molecule has 0 radical (unpaired) electrons. The van der Waals surface area contributed by atoms with Crippen LogP contribution in [-0.2, 0) is 9.47 Å². The number of aliphatic hydroxyl groups is 1. The molecule has 2 N–H and O–H groups in total. The summed E-state index contributed by atoms with van der Waals surface area (Å²) in [6, 6.07) is 0.293. The van der Waals surface area contributed by atoms with Crippen molar-refractivity contribution < 1.29 is 14.6 Å². The van der Waals surface area contributed by atoms with Crippen molar-refractivity contribution in [2.24, 2.45) is 5.92 Å². The molecule has 0 aromatic carbocycles. The van der Waals surface area contributed by atoms with E-state index in [1.54, 1.807) is 0 Å². The second kappa shape index (κ2) is 5.91. The molecule has 3 fully saturated rings. The van der Waals surface area contributed by atoms with Gasteiger partial charge in [-0.05, 0) is 44.9 Å². The van der Waals surface area contributed by atoms with E-state index < -0.39 is 5.60 Å². The van der Waals surface area contributed by atoms with Crippen molar-refractivity contribution in [3.63, 3.8) is 0 Å². The Labute approximate surface area is 122 Å². The van der Waals surface area contributed by atoms with Gasteiger partial charge in [-0.2, -0.15) is 0 Å². The van der Waals surface area contributed by atoms with Gasteiger partial charge in [-0.25, -0.2) is 0 Å². The van der Waals surface area contributed by atoms with Crippen LogP contribution in [0.25, 0.3) is 0 Å². The summed E-state index contributed by atoms with van der Waals surface area (Å²) in [4.78, 5) is 0. The van der Waals surface area contributed by atoms with Gasteiger partial charge in [-0.1, -0.05) is 12.8 Å². The number of ether oxygens (including phenoxy) is 2. The Balaban J connectivity index is 1.60. The molecule has 1 spiro atoms. The lowest BCUT2D eigenvalue weighted by molar-refractivity contribution is -0.141. The summed E-state index contributed by atoms with van der Waals surface area (Å²) in [6.45, 7) is 5.25. The van der Waals surface area contributed by atoms with Crippen molar-refractivity contribution in [2.75, 3.05) is 26.4 Å². The maximum absolute atomic E-state index is 11.0. The van der Waals surface area contributed by atoms with Crippen molar-refractivity contribution in [3.05, 3.63) is 0 Å². The van der Waals surface area contributed by atoms with Crippen LogP contribution in [0.1, 0.15) is 51.9 Å². The maximum atomic E-state index is 11.0. The fraction of sp³-hybridized carbons (Fsp3) is 1.00. The zero-order valence-electron chi connectivity index (χ0n) is 12.7. The van der Waals surface area contributed by atoms with Crippen LogP contribution in [0.4, 0.5) is 0 Å². The first-order valence-corrected chi connectivity index (χ1v) is 8.27. The van der Waals surface area contributed by atoms with Gasteiger partial charge in [0.15, 0.2) is 0 Å². The van der Waals surface area contributed by atoms with Crippen LogP contribution < -0.4 is 5.32 Å². The molecule has 3 aliphatic rings. The van der Waals surface area contributed by atoms with E-state index >= 15 is 0 Å². The Morgan fingerprint density at radius 1 is 1.30 bits per heavy atom. The zero-order chi connectivity index (χ0) is 14.1. The van der Waals surface area contributed by atoms with E-state index in [4.69, 9.17) is 9.47 Å². The van der Waals surface area contributed by atoms with Gasteiger partial charge in [0.2, 0.25) is 0 Å². The summed E-state index contributed by atoms with van der Waals surface area (Å²) < 4.78 is 11.6. The van der Waals surface area contributed by atoms with Crippen LogP contribution in [0.2, 0.25) is 0 Å². The normalized spacial score (nSPS) is 36.9. The van der Waals surface area contributed by atoms with Gasteiger partial charge < -0.3 is 19.9 Å². The number of hydrogen-bond acceptors (Lipinski definition) is 4. The van der Waals surface area contributed by atoms with E-state index in [2.05, 4.69) is 5.32 Å². The molecule has 0 amide bonds. The highest BCUT2D eigenvalue weighted by Crippen LogP contribution is 2.45. The van der Waals surface area contributed by atoms with Gasteiger partial charge in [0.05, 0.1) is 24.4 Å². The molecule has 2 saturated heterocycles. The average molecular weight is 283 g/mol. The minimum Gasteiger partial charge on any atom is -0.390 e. The highest BCUT2D eigenvalue weighted by Gasteiger charge is 2.45. The van der Waals surface area contributed by atoms with Gasteiger partial charge in [-0.3, -0.25) is 0 Å². The fourth-order valence-corrected chi connectivity index (χ4v) is 4.34. The monoisotopic (exact) mass is 283 g/mol. The summed E-state index contributed by atoms with van der Waals surface area (Å²) in [5, 5.41) is 14.4. The molecule has 116 valence electrons. The molecule has 0 aromatic rings. The first-order valence-electron chi connectivity index (χ1n) is 8.27. The highest BCUT2D eigenvalue weighted by atomic mass is 16.5. The molecule has 1 aliphatic carbocycles. The Morgan fingerprint density at radius 3 is 2.80 bits per heavy atom. The predicted octanol–water partition coefficient (Wildman–Crippen LogP) is 1.86. The fourth-order valence-electron chi connectivity index (χ4n) is 4.34. The molecule has 2 heterocycles. The number of nitrogens with one attached hydrogen (secondary N) is 1. The van der Waals surface area contributed by atoms with Crippen LogP contribution in [0.15, 0.2) is 0 Å². The van der Waals surface area contributed by atoms with E-state index in [1.165, 1.54) is 25.7 Å². The minimum atomic E-state index is -0.613. The molecule has 3 unspecified atom stereocenters. The van der Waals surface area contributed by atoms with Crippen molar-refractivity contribution in [1.82, 2.24) is 5.32 Å². The van der Waals surface area contributed by atoms with Gasteiger partial charge in [0.25, 0.3) is 0 Å². The molecule has 1 saturated carbocycles. The number of hydrogen-bond donors (Lipinski definition) is 2. The van der Waals surface area contributed by atoms with Crippen LogP contribution in [0.5, 0.6) is 0 Å². The molecule has 2 aliphatic heterocycles. The van der Waals surface area contributed by atoms with Gasteiger partial charge in [0, 0.05) is 19.2 Å². The second-order valence-corrected chi connectivity index (χ2v) is 7.22. The summed E-state index contributed by atoms with van der Waals surface area (Å²) in [5.74, 6) is 0.359. The zero-order valence-corrected chi connectivity index (χ0v) is 12.7. The van der Waals surface area contributed by atoms with Crippen molar-refractivity contribution in [1.29, 1.82) is 0 Å². The summed E-state index contributed by atoms with van der Waals surface area (Å²) in [7, 11) is 0. The Bertz CT molecular complexity index is 320. The molecule has 3 atom stereocenters. The standard InChI is InChI=1S/C16H29NO3/c1-15(18,11-14-12-19-9-7-17-14)13-4-8-20-16(10-13)5-2-3-6-16/h13-14,17-18H,2-12H2,1H3. The molecule has 0 aromatic heterocycles. The van der Waals surface area contributed by atoms with Crippen LogP contribution in [0, 0.1) is 5.92 Å². The average Bonchev–Trinajstić information content (AvgIpc) is 2.87. The molecule has 4 nitrogen and oxygen atoms in total. The quantitative estimate of drug-likeness (QED) is 0.830. The van der Waals surface area contributed by atoms with E-state index in [-0.39, 0.29) is 5.60 Å². The Hall–Kier alpha value is -0.160. The molecular formula is C16H29NO3. The minimum absolute atomic E-state index is 0.0867. The topological polar surface area (TPSA) is 50.7 Å². The number of rotatable bonds is 3. The first-order chi connectivity index (χ1) is 9.60. The van der Waals surface area contributed by atoms with Crippen molar-refractivity contribution >= 4 is 0 Å². The lowest BCUT2D eigenvalue weighted by Crippen LogP contribution is -2.51. The second-order valence-electron chi connectivity index (χ2n) is 7.22. The van der Waals surface area contributed by atoms with E-state index in [1.807, 2.05) is 6.92 Å². The lowest BCUT2D eigenvalue weighted by Gasteiger charge is -2.45. The summed E-state index contributed by atoms with van der Waals surface area (Å²) in [6.07, 6.45) is 7.75. The predicted molar refractivity (Wildman–Crippen MR) is 77.7 cm³/mol. The van der Waals surface area contributed by atoms with Gasteiger partial charge in [0.1, 0.15) is 0 Å². The van der Waals surface area contributed by atoms with Crippen molar-refractivity contribution in [2.45, 2.75) is 69.1 Å². The maximum Gasteiger partial charge on any atom is 0.0686 e. The third-order valence-electron chi connectivity index (χ3n) is 5.55. The SMILES string of the molecule is CC(O)(CC1COCCN1)C1CCOC2(CCCC2)C1. The van der Waals surface area contributed by atoms with Gasteiger partial charge >= 0.3 is 0 Å². The van der Waals surface area contributed by atoms with Crippen LogP contribution in [0.3, 0.4) is 0 Å². The molecule has 4 heteroatoms. The third-order valence-corrected chi connectivity index (χ3v) is 5.55. The summed E-state index contributed by atoms with van der Waals surface area (Å²) >= 11 is 0. The molecular weight excluding hydrogens is 254 g/mol. The smallest absolute Gasteiger partial charge is 0.0686 e. The van der Waals surface area contributed by atoms with E-state index in [0.717, 1.165) is 45.6 Å². The van der Waals surface area contributed by atoms with E-state index in [9.17, 15) is 5.11 Å². The van der Waals surface area contributed by atoms with E-state index in [0.29, 0.717) is 12.0 Å². The third kappa shape index (κ3) is 3.19. The lowest BCUT2D eigenvalue weighted by atomic mass is 9.73. The highest BCUT2D eigenvalue weighted by molar-refractivity contribution is 4.97. The van der Waals surface area contributed by atoms with Gasteiger partial charge in [-0.15, -0.1) is 0 Å².